The first-order chi connectivity index (χ1) is 10.5. The molecule has 1 saturated heterocycles. The standard InChI is InChI=1S/C18H27N3S.HI/c1-17(2)14-21(11-12-22-17)16(19-3)20-13-18(9-10-18)15-7-5-4-6-8-15;/h4-8H,9-14H2,1-3H3,(H,19,20);1H. The van der Waals surface area contributed by atoms with Crippen LogP contribution >= 0.6 is 35.7 Å². The van der Waals surface area contributed by atoms with Gasteiger partial charge in [0.1, 0.15) is 0 Å². The number of halogens is 1. The predicted octanol–water partition coefficient (Wildman–Crippen LogP) is 3.74. The molecule has 23 heavy (non-hydrogen) atoms. The Hall–Kier alpha value is -0.430. The maximum Gasteiger partial charge on any atom is 0.193 e. The molecule has 1 saturated carbocycles. The first kappa shape index (κ1) is 18.9. The summed E-state index contributed by atoms with van der Waals surface area (Å²) in [7, 11) is 1.90. The smallest absolute Gasteiger partial charge is 0.193 e. The molecule has 2 aliphatic rings. The van der Waals surface area contributed by atoms with Crippen LogP contribution in [0.3, 0.4) is 0 Å². The van der Waals surface area contributed by atoms with Crippen molar-refractivity contribution in [2.75, 3.05) is 32.4 Å². The van der Waals surface area contributed by atoms with Gasteiger partial charge in [0.05, 0.1) is 0 Å². The summed E-state index contributed by atoms with van der Waals surface area (Å²) in [6.07, 6.45) is 2.56. The molecule has 0 aromatic heterocycles. The first-order valence-corrected chi connectivity index (χ1v) is 9.18. The number of nitrogens with one attached hydrogen (secondary N) is 1. The van der Waals surface area contributed by atoms with Crippen LogP contribution in [0.15, 0.2) is 35.3 Å². The molecule has 3 rings (SSSR count). The molecule has 5 heteroatoms. The van der Waals surface area contributed by atoms with Gasteiger partial charge in [0.2, 0.25) is 0 Å². The summed E-state index contributed by atoms with van der Waals surface area (Å²) in [4.78, 5) is 6.94. The van der Waals surface area contributed by atoms with Gasteiger partial charge in [-0.05, 0) is 32.3 Å². The molecule has 0 radical (unpaired) electrons. The quantitative estimate of drug-likeness (QED) is 0.437. The predicted molar refractivity (Wildman–Crippen MR) is 112 cm³/mol. The SMILES string of the molecule is CN=C(NCC1(c2ccccc2)CC1)N1CCSC(C)(C)C1.I. The van der Waals surface area contributed by atoms with Gasteiger partial charge in [-0.2, -0.15) is 11.8 Å². The van der Waals surface area contributed by atoms with Crippen LogP contribution in [0.2, 0.25) is 0 Å². The molecule has 0 spiro atoms. The first-order valence-electron chi connectivity index (χ1n) is 8.20. The van der Waals surface area contributed by atoms with E-state index in [0.29, 0.717) is 10.2 Å². The highest BCUT2D eigenvalue weighted by Gasteiger charge is 2.44. The van der Waals surface area contributed by atoms with Crippen molar-refractivity contribution in [3.05, 3.63) is 35.9 Å². The van der Waals surface area contributed by atoms with Crippen LogP contribution in [-0.4, -0.2) is 48.0 Å². The highest BCUT2D eigenvalue weighted by Crippen LogP contribution is 2.47. The summed E-state index contributed by atoms with van der Waals surface area (Å²) >= 11 is 2.06. The van der Waals surface area contributed by atoms with Crippen LogP contribution in [0.5, 0.6) is 0 Å². The highest BCUT2D eigenvalue weighted by atomic mass is 127. The van der Waals surface area contributed by atoms with E-state index in [1.807, 2.05) is 7.05 Å². The Morgan fingerprint density at radius 2 is 1.96 bits per heavy atom. The molecule has 128 valence electrons. The average molecular weight is 445 g/mol. The van der Waals surface area contributed by atoms with Gasteiger partial charge >= 0.3 is 0 Å². The number of thioether (sulfide) groups is 1. The van der Waals surface area contributed by atoms with Gasteiger partial charge in [-0.15, -0.1) is 24.0 Å². The molecular formula is C18H28IN3S. The second kappa shape index (κ2) is 7.64. The van der Waals surface area contributed by atoms with E-state index in [9.17, 15) is 0 Å². The monoisotopic (exact) mass is 445 g/mol. The molecular weight excluding hydrogens is 417 g/mol. The highest BCUT2D eigenvalue weighted by molar-refractivity contribution is 14.0. The van der Waals surface area contributed by atoms with Crippen LogP contribution in [0.4, 0.5) is 0 Å². The van der Waals surface area contributed by atoms with E-state index < -0.39 is 0 Å². The lowest BCUT2D eigenvalue weighted by Crippen LogP contribution is -2.52. The van der Waals surface area contributed by atoms with Gasteiger partial charge in [0.25, 0.3) is 0 Å². The third-order valence-corrected chi connectivity index (χ3v) is 6.06. The Kier molecular flexibility index (Phi) is 6.28. The fraction of sp³-hybridized carbons (Fsp3) is 0.611. The van der Waals surface area contributed by atoms with Crippen molar-refractivity contribution in [3.63, 3.8) is 0 Å². The van der Waals surface area contributed by atoms with Gasteiger partial charge in [0.15, 0.2) is 5.96 Å². The minimum atomic E-state index is 0. The second-order valence-corrected chi connectivity index (χ2v) is 8.88. The molecule has 0 amide bonds. The Labute approximate surface area is 161 Å². The van der Waals surface area contributed by atoms with E-state index in [2.05, 4.69) is 71.2 Å². The zero-order chi connectivity index (χ0) is 15.6. The zero-order valence-electron chi connectivity index (χ0n) is 14.3. The summed E-state index contributed by atoms with van der Waals surface area (Å²) < 4.78 is 0.312. The van der Waals surface area contributed by atoms with Gasteiger partial charge in [0, 0.05) is 42.6 Å². The van der Waals surface area contributed by atoms with Gasteiger partial charge in [-0.3, -0.25) is 4.99 Å². The number of guanidine groups is 1. The maximum absolute atomic E-state index is 4.52. The summed E-state index contributed by atoms with van der Waals surface area (Å²) in [5, 5.41) is 3.64. The minimum Gasteiger partial charge on any atom is -0.355 e. The number of hydrogen-bond donors (Lipinski definition) is 1. The third kappa shape index (κ3) is 4.56. The van der Waals surface area contributed by atoms with Crippen LogP contribution in [0, 0.1) is 0 Å². The largest absolute Gasteiger partial charge is 0.355 e. The lowest BCUT2D eigenvalue weighted by Gasteiger charge is -2.39. The molecule has 1 heterocycles. The molecule has 1 aliphatic carbocycles. The molecule has 1 aliphatic heterocycles. The molecule has 0 bridgehead atoms. The lowest BCUT2D eigenvalue weighted by atomic mass is 9.96. The topological polar surface area (TPSA) is 27.6 Å². The summed E-state index contributed by atoms with van der Waals surface area (Å²) in [6.45, 7) is 7.79. The molecule has 2 fully saturated rings. The van der Waals surface area contributed by atoms with E-state index in [1.165, 1.54) is 24.2 Å². The van der Waals surface area contributed by atoms with Crippen molar-refractivity contribution >= 4 is 41.7 Å². The number of rotatable bonds is 3. The van der Waals surface area contributed by atoms with Crippen LogP contribution < -0.4 is 5.32 Å². The van der Waals surface area contributed by atoms with Crippen molar-refractivity contribution in [1.82, 2.24) is 10.2 Å². The van der Waals surface area contributed by atoms with Crippen molar-refractivity contribution in [2.24, 2.45) is 4.99 Å². The van der Waals surface area contributed by atoms with E-state index in [-0.39, 0.29) is 24.0 Å². The van der Waals surface area contributed by atoms with E-state index in [1.54, 1.807) is 0 Å². The lowest BCUT2D eigenvalue weighted by molar-refractivity contribution is 0.374. The minimum absolute atomic E-state index is 0. The summed E-state index contributed by atoms with van der Waals surface area (Å²) in [5.41, 5.74) is 1.80. The Morgan fingerprint density at radius 3 is 2.52 bits per heavy atom. The van der Waals surface area contributed by atoms with Crippen LogP contribution in [-0.2, 0) is 5.41 Å². The van der Waals surface area contributed by atoms with Crippen molar-refractivity contribution in [2.45, 2.75) is 36.9 Å². The number of aliphatic imine (C=N–C) groups is 1. The Bertz CT molecular complexity index is 540. The average Bonchev–Trinajstić information content (AvgIpc) is 3.29. The number of benzene rings is 1. The normalized spacial score (nSPS) is 22.2. The molecule has 0 unspecified atom stereocenters. The molecule has 1 aromatic carbocycles. The Balaban J connectivity index is 0.00000192. The number of hydrogen-bond acceptors (Lipinski definition) is 2. The van der Waals surface area contributed by atoms with Crippen molar-refractivity contribution in [3.8, 4) is 0 Å². The molecule has 0 atom stereocenters. The summed E-state index contributed by atoms with van der Waals surface area (Å²) in [5.74, 6) is 2.24. The van der Waals surface area contributed by atoms with Crippen molar-refractivity contribution in [1.29, 1.82) is 0 Å². The molecule has 1 N–H and O–H groups in total. The van der Waals surface area contributed by atoms with Crippen LogP contribution in [0.1, 0.15) is 32.3 Å². The van der Waals surface area contributed by atoms with Gasteiger partial charge in [-0.25, -0.2) is 0 Å². The fourth-order valence-electron chi connectivity index (χ4n) is 3.29. The van der Waals surface area contributed by atoms with E-state index >= 15 is 0 Å². The fourth-order valence-corrected chi connectivity index (χ4v) is 4.40. The van der Waals surface area contributed by atoms with Crippen molar-refractivity contribution < 1.29 is 0 Å². The van der Waals surface area contributed by atoms with Gasteiger partial charge < -0.3 is 10.2 Å². The van der Waals surface area contributed by atoms with E-state index in [4.69, 9.17) is 0 Å². The second-order valence-electron chi connectivity index (χ2n) is 7.08. The third-order valence-electron chi connectivity index (χ3n) is 4.76. The maximum atomic E-state index is 4.52. The number of nitrogens with zero attached hydrogens (tertiary/aromatic N) is 2. The van der Waals surface area contributed by atoms with Crippen LogP contribution in [0.25, 0.3) is 0 Å². The molecule has 1 aromatic rings. The summed E-state index contributed by atoms with van der Waals surface area (Å²) in [6, 6.07) is 10.9. The van der Waals surface area contributed by atoms with Gasteiger partial charge in [-0.1, -0.05) is 30.3 Å². The Morgan fingerprint density at radius 1 is 1.26 bits per heavy atom. The zero-order valence-corrected chi connectivity index (χ0v) is 17.5. The van der Waals surface area contributed by atoms with E-state index in [0.717, 1.165) is 25.6 Å². The molecule has 3 nitrogen and oxygen atoms in total.